The molecule has 210 valence electrons. The lowest BCUT2D eigenvalue weighted by atomic mass is 9.87. The van der Waals surface area contributed by atoms with E-state index in [0.29, 0.717) is 6.42 Å². The molecule has 0 aliphatic heterocycles. The van der Waals surface area contributed by atoms with E-state index in [0.717, 1.165) is 47.9 Å². The molecule has 5 heteroatoms. The summed E-state index contributed by atoms with van der Waals surface area (Å²) in [5.41, 5.74) is 3.86. The first kappa shape index (κ1) is 28.3. The summed E-state index contributed by atoms with van der Waals surface area (Å²) in [5.74, 6) is -0.753. The van der Waals surface area contributed by atoms with Gasteiger partial charge in [-0.05, 0) is 47.2 Å². The molecule has 1 aliphatic rings. The van der Waals surface area contributed by atoms with Gasteiger partial charge in [0.05, 0.1) is 0 Å². The van der Waals surface area contributed by atoms with Crippen LogP contribution < -0.4 is 5.32 Å². The molecule has 2 amide bonds. The highest BCUT2D eigenvalue weighted by molar-refractivity contribution is 5.88. The van der Waals surface area contributed by atoms with Gasteiger partial charge in [-0.3, -0.25) is 9.59 Å². The lowest BCUT2D eigenvalue weighted by Gasteiger charge is -2.33. The highest BCUT2D eigenvalue weighted by atomic mass is 19.1. The third-order valence-electron chi connectivity index (χ3n) is 8.02. The molecule has 1 fully saturated rings. The van der Waals surface area contributed by atoms with Crippen LogP contribution in [0.25, 0.3) is 0 Å². The summed E-state index contributed by atoms with van der Waals surface area (Å²) in [4.78, 5) is 30.1. The Balaban J connectivity index is 1.50. The molecular weight excluding hydrogens is 511 g/mol. The Bertz CT molecular complexity index is 1350. The number of rotatable bonds is 11. The van der Waals surface area contributed by atoms with E-state index in [9.17, 15) is 14.0 Å². The zero-order valence-electron chi connectivity index (χ0n) is 23.3. The number of carbonyl (C=O) groups excluding carboxylic acids is 2. The molecule has 1 aliphatic carbocycles. The van der Waals surface area contributed by atoms with Crippen LogP contribution in [0.5, 0.6) is 0 Å². The van der Waals surface area contributed by atoms with Crippen LogP contribution in [0.2, 0.25) is 0 Å². The fraction of sp³-hybridized carbons (Fsp3) is 0.278. The van der Waals surface area contributed by atoms with Crippen LogP contribution in [0.15, 0.2) is 115 Å². The molecule has 0 spiro atoms. The topological polar surface area (TPSA) is 49.4 Å². The van der Waals surface area contributed by atoms with Crippen LogP contribution in [0.3, 0.4) is 0 Å². The average Bonchev–Trinajstić information content (AvgIpc) is 3.53. The van der Waals surface area contributed by atoms with Crippen molar-refractivity contribution in [3.63, 3.8) is 0 Å². The number of halogens is 1. The molecule has 4 aromatic rings. The molecule has 1 atom stereocenters. The number of nitrogens with one attached hydrogen (secondary N) is 1. The fourth-order valence-corrected chi connectivity index (χ4v) is 5.80. The quantitative estimate of drug-likeness (QED) is 0.218. The van der Waals surface area contributed by atoms with Crippen molar-refractivity contribution in [2.24, 2.45) is 0 Å². The van der Waals surface area contributed by atoms with E-state index >= 15 is 0 Å². The van der Waals surface area contributed by atoms with Crippen molar-refractivity contribution in [1.82, 2.24) is 10.2 Å². The molecular formula is C36H37FN2O2. The summed E-state index contributed by atoms with van der Waals surface area (Å²) in [6.45, 7) is 0.213. The van der Waals surface area contributed by atoms with Gasteiger partial charge in [-0.1, -0.05) is 116 Å². The molecule has 5 rings (SSSR count). The van der Waals surface area contributed by atoms with Gasteiger partial charge < -0.3 is 10.2 Å². The summed E-state index contributed by atoms with van der Waals surface area (Å²) in [6.07, 6.45) is 4.72. The molecule has 1 N–H and O–H groups in total. The maximum Gasteiger partial charge on any atom is 0.243 e. The van der Waals surface area contributed by atoms with E-state index in [1.54, 1.807) is 17.0 Å². The van der Waals surface area contributed by atoms with Crippen LogP contribution in [0.4, 0.5) is 4.39 Å². The number of hydrogen-bond acceptors (Lipinski definition) is 2. The van der Waals surface area contributed by atoms with Crippen molar-refractivity contribution in [3.05, 3.63) is 143 Å². The smallest absolute Gasteiger partial charge is 0.243 e. The molecule has 0 unspecified atom stereocenters. The zero-order valence-corrected chi connectivity index (χ0v) is 23.3. The molecule has 1 saturated carbocycles. The van der Waals surface area contributed by atoms with Crippen LogP contribution in [0.1, 0.15) is 60.3 Å². The number of nitrogens with zero attached hydrogens (tertiary/aromatic N) is 1. The minimum absolute atomic E-state index is 0.116. The van der Waals surface area contributed by atoms with E-state index in [4.69, 9.17) is 0 Å². The summed E-state index contributed by atoms with van der Waals surface area (Å²) in [7, 11) is 0. The Morgan fingerprint density at radius 2 is 1.27 bits per heavy atom. The summed E-state index contributed by atoms with van der Waals surface area (Å²) in [5, 5.41) is 3.25. The van der Waals surface area contributed by atoms with Crippen molar-refractivity contribution < 1.29 is 14.0 Å². The second-order valence-electron chi connectivity index (χ2n) is 10.9. The predicted molar refractivity (Wildman–Crippen MR) is 161 cm³/mol. The Morgan fingerprint density at radius 1 is 0.732 bits per heavy atom. The van der Waals surface area contributed by atoms with Crippen LogP contribution >= 0.6 is 0 Å². The second kappa shape index (κ2) is 13.9. The first-order valence-corrected chi connectivity index (χ1v) is 14.5. The van der Waals surface area contributed by atoms with Crippen molar-refractivity contribution in [1.29, 1.82) is 0 Å². The van der Waals surface area contributed by atoms with Gasteiger partial charge in [0.15, 0.2) is 0 Å². The first-order chi connectivity index (χ1) is 20.1. The second-order valence-corrected chi connectivity index (χ2v) is 10.9. The van der Waals surface area contributed by atoms with E-state index in [1.807, 2.05) is 91.0 Å². The third-order valence-corrected chi connectivity index (χ3v) is 8.02. The van der Waals surface area contributed by atoms with Crippen molar-refractivity contribution in [3.8, 4) is 0 Å². The third kappa shape index (κ3) is 7.69. The normalized spacial score (nSPS) is 14.1. The van der Waals surface area contributed by atoms with Gasteiger partial charge in [0.1, 0.15) is 11.9 Å². The average molecular weight is 549 g/mol. The SMILES string of the molecule is O=C(NC1CCCC1)[C@@H](Cc1ccccc1)N(Cc1ccc(F)cc1)C(=O)CC(c1ccccc1)c1ccccc1. The highest BCUT2D eigenvalue weighted by Crippen LogP contribution is 2.30. The standard InChI is InChI=1S/C36H37FN2O2/c37-31-22-20-28(21-23-31)26-39(34(24-27-12-4-1-5-13-27)36(41)38-32-18-10-11-19-32)35(40)25-33(29-14-6-2-7-15-29)30-16-8-3-9-17-30/h1-9,12-17,20-23,32-34H,10-11,18-19,24-26H2,(H,38,41)/t34-/m1/s1. The number of carbonyl (C=O) groups is 2. The van der Waals surface area contributed by atoms with Crippen LogP contribution in [-0.2, 0) is 22.6 Å². The largest absolute Gasteiger partial charge is 0.352 e. The summed E-state index contributed by atoms with van der Waals surface area (Å²) < 4.78 is 13.8. The van der Waals surface area contributed by atoms with Gasteiger partial charge in [-0.15, -0.1) is 0 Å². The Kier molecular flexibility index (Phi) is 9.58. The minimum Gasteiger partial charge on any atom is -0.352 e. The lowest BCUT2D eigenvalue weighted by molar-refractivity contribution is -0.141. The molecule has 4 nitrogen and oxygen atoms in total. The van der Waals surface area contributed by atoms with Crippen LogP contribution in [0, 0.1) is 5.82 Å². The number of benzene rings is 4. The minimum atomic E-state index is -0.706. The Morgan fingerprint density at radius 3 is 1.83 bits per heavy atom. The van der Waals surface area contributed by atoms with Crippen LogP contribution in [-0.4, -0.2) is 28.8 Å². The monoisotopic (exact) mass is 548 g/mol. The highest BCUT2D eigenvalue weighted by Gasteiger charge is 2.33. The lowest BCUT2D eigenvalue weighted by Crippen LogP contribution is -2.52. The molecule has 0 bridgehead atoms. The van der Waals surface area contributed by atoms with E-state index in [2.05, 4.69) is 5.32 Å². The molecule has 41 heavy (non-hydrogen) atoms. The van der Waals surface area contributed by atoms with Crippen molar-refractivity contribution in [2.75, 3.05) is 0 Å². The van der Waals surface area contributed by atoms with Gasteiger partial charge in [0.25, 0.3) is 0 Å². The molecule has 0 saturated heterocycles. The molecule has 0 radical (unpaired) electrons. The number of hydrogen-bond donors (Lipinski definition) is 1. The van der Waals surface area contributed by atoms with Gasteiger partial charge in [0.2, 0.25) is 11.8 Å². The Hall–Kier alpha value is -4.25. The van der Waals surface area contributed by atoms with Gasteiger partial charge in [-0.25, -0.2) is 4.39 Å². The zero-order chi connectivity index (χ0) is 28.4. The van der Waals surface area contributed by atoms with Crippen molar-refractivity contribution >= 4 is 11.8 Å². The predicted octanol–water partition coefficient (Wildman–Crippen LogP) is 7.05. The molecule has 4 aromatic carbocycles. The van der Waals surface area contributed by atoms with E-state index in [-0.39, 0.29) is 42.6 Å². The summed E-state index contributed by atoms with van der Waals surface area (Å²) in [6, 6.07) is 35.5. The first-order valence-electron chi connectivity index (χ1n) is 14.5. The molecule has 0 heterocycles. The van der Waals surface area contributed by atoms with Crippen molar-refractivity contribution in [2.45, 2.75) is 63.1 Å². The number of amides is 2. The fourth-order valence-electron chi connectivity index (χ4n) is 5.80. The molecule has 0 aromatic heterocycles. The van der Waals surface area contributed by atoms with E-state index in [1.165, 1.54) is 12.1 Å². The van der Waals surface area contributed by atoms with Gasteiger partial charge in [-0.2, -0.15) is 0 Å². The maximum absolute atomic E-state index is 14.4. The Labute approximate surface area is 242 Å². The summed E-state index contributed by atoms with van der Waals surface area (Å²) >= 11 is 0. The van der Waals surface area contributed by atoms with E-state index < -0.39 is 6.04 Å². The maximum atomic E-state index is 14.4. The van der Waals surface area contributed by atoms with Gasteiger partial charge >= 0.3 is 0 Å². The van der Waals surface area contributed by atoms with Gasteiger partial charge in [0, 0.05) is 31.3 Å².